The van der Waals surface area contributed by atoms with Gasteiger partial charge in [-0.25, -0.2) is 0 Å². The molecule has 2 N–H and O–H groups in total. The quantitative estimate of drug-likeness (QED) is 0.585. The van der Waals surface area contributed by atoms with Gasteiger partial charge in [0, 0.05) is 30.0 Å². The van der Waals surface area contributed by atoms with Gasteiger partial charge in [0.1, 0.15) is 5.69 Å². The van der Waals surface area contributed by atoms with E-state index in [2.05, 4.69) is 20.4 Å². The highest BCUT2D eigenvalue weighted by molar-refractivity contribution is 6.03. The van der Waals surface area contributed by atoms with Crippen LogP contribution < -0.4 is 24.4 Å². The molecule has 1 fully saturated rings. The van der Waals surface area contributed by atoms with Crippen molar-refractivity contribution in [3.05, 3.63) is 48.2 Å². The van der Waals surface area contributed by atoms with Crippen LogP contribution in [0, 0.1) is 0 Å². The van der Waals surface area contributed by atoms with Crippen LogP contribution in [0.4, 0.5) is 11.4 Å². The van der Waals surface area contributed by atoms with Crippen molar-refractivity contribution in [1.29, 1.82) is 0 Å². The van der Waals surface area contributed by atoms with Gasteiger partial charge in [-0.2, -0.15) is 5.10 Å². The summed E-state index contributed by atoms with van der Waals surface area (Å²) in [5.74, 6) is 1.23. The van der Waals surface area contributed by atoms with Crippen molar-refractivity contribution in [1.82, 2.24) is 10.2 Å². The first-order valence-electron chi connectivity index (χ1n) is 10.2. The Kier molecular flexibility index (Phi) is 6.46. The number of carbonyl (C=O) groups is 1. The molecule has 0 unspecified atom stereocenters. The van der Waals surface area contributed by atoms with E-state index < -0.39 is 0 Å². The number of aromatic nitrogens is 2. The topological polar surface area (TPSA) is 97.9 Å². The molecule has 4 rings (SSSR count). The van der Waals surface area contributed by atoms with Crippen LogP contribution in [-0.2, 0) is 4.74 Å². The summed E-state index contributed by atoms with van der Waals surface area (Å²) in [6, 6.07) is 13.0. The van der Waals surface area contributed by atoms with Crippen LogP contribution in [0.5, 0.6) is 17.2 Å². The molecule has 0 bridgehead atoms. The predicted octanol–water partition coefficient (Wildman–Crippen LogP) is 3.19. The van der Waals surface area contributed by atoms with Gasteiger partial charge < -0.3 is 29.2 Å². The van der Waals surface area contributed by atoms with E-state index >= 15 is 0 Å². The second-order valence-electron chi connectivity index (χ2n) is 7.18. The van der Waals surface area contributed by atoms with E-state index in [1.165, 1.54) is 0 Å². The van der Waals surface area contributed by atoms with Crippen LogP contribution in [0.1, 0.15) is 10.5 Å². The van der Waals surface area contributed by atoms with Crippen molar-refractivity contribution >= 4 is 17.3 Å². The number of benzene rings is 2. The predicted molar refractivity (Wildman–Crippen MR) is 121 cm³/mol. The number of amides is 1. The zero-order valence-corrected chi connectivity index (χ0v) is 18.3. The number of hydrogen-bond acceptors (Lipinski definition) is 7. The molecule has 168 valence electrons. The number of aromatic amines is 1. The van der Waals surface area contributed by atoms with Gasteiger partial charge in [-0.15, -0.1) is 0 Å². The van der Waals surface area contributed by atoms with E-state index in [1.807, 2.05) is 24.3 Å². The van der Waals surface area contributed by atoms with Gasteiger partial charge in [0.25, 0.3) is 5.91 Å². The zero-order chi connectivity index (χ0) is 22.5. The van der Waals surface area contributed by atoms with Crippen molar-refractivity contribution in [2.24, 2.45) is 0 Å². The number of nitrogens with one attached hydrogen (secondary N) is 2. The molecule has 2 heterocycles. The molecule has 0 aliphatic carbocycles. The average molecular weight is 438 g/mol. The van der Waals surface area contributed by atoms with E-state index in [1.54, 1.807) is 39.5 Å². The Morgan fingerprint density at radius 3 is 2.25 bits per heavy atom. The highest BCUT2D eigenvalue weighted by Crippen LogP contribution is 2.40. The zero-order valence-electron chi connectivity index (χ0n) is 18.3. The monoisotopic (exact) mass is 438 g/mol. The summed E-state index contributed by atoms with van der Waals surface area (Å²) < 4.78 is 21.5. The van der Waals surface area contributed by atoms with E-state index in [0.29, 0.717) is 34.3 Å². The summed E-state index contributed by atoms with van der Waals surface area (Å²) in [7, 11) is 4.65. The van der Waals surface area contributed by atoms with E-state index in [0.717, 1.165) is 37.6 Å². The normalized spacial score (nSPS) is 13.5. The summed E-state index contributed by atoms with van der Waals surface area (Å²) in [4.78, 5) is 15.0. The Morgan fingerprint density at radius 2 is 1.66 bits per heavy atom. The van der Waals surface area contributed by atoms with Crippen LogP contribution in [0.3, 0.4) is 0 Å². The number of carbonyl (C=O) groups excluding carboxylic acids is 1. The number of ether oxygens (including phenoxy) is 4. The van der Waals surface area contributed by atoms with Gasteiger partial charge in [-0.3, -0.25) is 9.89 Å². The Morgan fingerprint density at radius 1 is 1.00 bits per heavy atom. The minimum Gasteiger partial charge on any atom is -0.493 e. The summed E-state index contributed by atoms with van der Waals surface area (Å²) >= 11 is 0. The van der Waals surface area contributed by atoms with Crippen LogP contribution in [0.25, 0.3) is 11.3 Å². The van der Waals surface area contributed by atoms with Crippen molar-refractivity contribution < 1.29 is 23.7 Å². The molecule has 1 saturated heterocycles. The van der Waals surface area contributed by atoms with Crippen LogP contribution >= 0.6 is 0 Å². The smallest absolute Gasteiger partial charge is 0.273 e. The van der Waals surface area contributed by atoms with Gasteiger partial charge in [0.15, 0.2) is 11.5 Å². The lowest BCUT2D eigenvalue weighted by Crippen LogP contribution is -2.36. The second-order valence-corrected chi connectivity index (χ2v) is 7.18. The molecule has 0 atom stereocenters. The third kappa shape index (κ3) is 4.47. The molecule has 2 aromatic carbocycles. The molecule has 1 aliphatic heterocycles. The largest absolute Gasteiger partial charge is 0.493 e. The average Bonchev–Trinajstić information content (AvgIpc) is 3.34. The van der Waals surface area contributed by atoms with Crippen molar-refractivity contribution in [2.45, 2.75) is 0 Å². The van der Waals surface area contributed by atoms with Gasteiger partial charge in [-0.1, -0.05) is 0 Å². The molecule has 1 aromatic heterocycles. The fraction of sp³-hybridized carbons (Fsp3) is 0.304. The third-order valence-corrected chi connectivity index (χ3v) is 5.28. The maximum atomic E-state index is 12.7. The molecule has 0 saturated carbocycles. The molecule has 9 heteroatoms. The van der Waals surface area contributed by atoms with E-state index in [4.69, 9.17) is 18.9 Å². The Balaban J connectivity index is 1.48. The molecule has 32 heavy (non-hydrogen) atoms. The first-order chi connectivity index (χ1) is 15.6. The lowest BCUT2D eigenvalue weighted by molar-refractivity contribution is 0.102. The van der Waals surface area contributed by atoms with Crippen molar-refractivity contribution in [3.63, 3.8) is 0 Å². The molecule has 3 aromatic rings. The second kappa shape index (κ2) is 9.61. The molecule has 0 radical (unpaired) electrons. The lowest BCUT2D eigenvalue weighted by Gasteiger charge is -2.28. The standard InChI is InChI=1S/C23H26N4O5/c1-29-20-12-15(13-21(30-2)22(20)31-3)18-14-19(26-25-18)23(28)24-16-4-6-17(7-5-16)27-8-10-32-11-9-27/h4-7,12-14H,8-11H2,1-3H3,(H,24,28)(H,25,26). The first-order valence-corrected chi connectivity index (χ1v) is 10.2. The van der Waals surface area contributed by atoms with Gasteiger partial charge >= 0.3 is 0 Å². The molecule has 1 aliphatic rings. The van der Waals surface area contributed by atoms with Gasteiger partial charge in [-0.05, 0) is 42.5 Å². The Labute approximate surface area is 186 Å². The molecule has 1 amide bonds. The van der Waals surface area contributed by atoms with E-state index in [-0.39, 0.29) is 5.91 Å². The van der Waals surface area contributed by atoms with Crippen LogP contribution in [0.15, 0.2) is 42.5 Å². The fourth-order valence-corrected chi connectivity index (χ4v) is 3.59. The van der Waals surface area contributed by atoms with Gasteiger partial charge in [0.2, 0.25) is 5.75 Å². The maximum absolute atomic E-state index is 12.7. The summed E-state index contributed by atoms with van der Waals surface area (Å²) in [5.41, 5.74) is 3.46. The SMILES string of the molecule is COc1cc(-c2cc(C(=O)Nc3ccc(N4CCOCC4)cc3)[nH]n2)cc(OC)c1OC. The summed E-state index contributed by atoms with van der Waals surface area (Å²) in [6.45, 7) is 3.19. The Bertz CT molecular complexity index is 1050. The van der Waals surface area contributed by atoms with Crippen LogP contribution in [-0.4, -0.2) is 63.7 Å². The number of H-pyrrole nitrogens is 1. The Hall–Kier alpha value is -3.72. The molecule has 9 nitrogen and oxygen atoms in total. The highest BCUT2D eigenvalue weighted by Gasteiger charge is 2.17. The van der Waals surface area contributed by atoms with Crippen molar-refractivity contribution in [2.75, 3.05) is 57.8 Å². The maximum Gasteiger partial charge on any atom is 0.273 e. The summed E-state index contributed by atoms with van der Waals surface area (Å²) in [5, 5.41) is 9.96. The third-order valence-electron chi connectivity index (χ3n) is 5.28. The minimum absolute atomic E-state index is 0.282. The molecular formula is C23H26N4O5. The van der Waals surface area contributed by atoms with Crippen LogP contribution in [0.2, 0.25) is 0 Å². The number of hydrogen-bond donors (Lipinski definition) is 2. The minimum atomic E-state index is -0.282. The number of methoxy groups -OCH3 is 3. The fourth-order valence-electron chi connectivity index (χ4n) is 3.59. The molecule has 0 spiro atoms. The molecular weight excluding hydrogens is 412 g/mol. The number of morpholine rings is 1. The lowest BCUT2D eigenvalue weighted by atomic mass is 10.1. The van der Waals surface area contributed by atoms with E-state index in [9.17, 15) is 4.79 Å². The first kappa shape index (κ1) is 21.5. The number of rotatable bonds is 7. The van der Waals surface area contributed by atoms with Crippen molar-refractivity contribution in [3.8, 4) is 28.5 Å². The van der Waals surface area contributed by atoms with Gasteiger partial charge in [0.05, 0.1) is 40.2 Å². The highest BCUT2D eigenvalue weighted by atomic mass is 16.5. The number of anilines is 2. The number of nitrogens with zero attached hydrogens (tertiary/aromatic N) is 2. The summed E-state index contributed by atoms with van der Waals surface area (Å²) in [6.07, 6.45) is 0.